The van der Waals surface area contributed by atoms with Gasteiger partial charge in [0.1, 0.15) is 30.8 Å². The number of benzene rings is 1. The van der Waals surface area contributed by atoms with E-state index in [1.165, 1.54) is 0 Å². The summed E-state index contributed by atoms with van der Waals surface area (Å²) in [5, 5.41) is 7.66. The minimum Gasteiger partial charge on any atom is -0.489 e. The normalized spacial score (nSPS) is 21.2. The van der Waals surface area contributed by atoms with Crippen LogP contribution in [-0.2, 0) is 11.3 Å². The number of nitroso groups, excluding NO2 is 1. The molecule has 134 valence electrons. The van der Waals surface area contributed by atoms with E-state index in [1.807, 2.05) is 18.2 Å². The van der Waals surface area contributed by atoms with Crippen LogP contribution in [0.2, 0.25) is 0 Å². The molecule has 2 aliphatic rings. The highest BCUT2D eigenvalue weighted by Gasteiger charge is 2.42. The van der Waals surface area contributed by atoms with Crippen LogP contribution >= 0.6 is 0 Å². The molecule has 0 radical (unpaired) electrons. The lowest BCUT2D eigenvalue weighted by molar-refractivity contribution is 0.144. The number of anilines is 1. The summed E-state index contributed by atoms with van der Waals surface area (Å²) >= 11 is 0. The molecule has 8 heteroatoms. The predicted octanol–water partition coefficient (Wildman–Crippen LogP) is 2.36. The van der Waals surface area contributed by atoms with Crippen LogP contribution in [0.4, 0.5) is 10.6 Å². The van der Waals surface area contributed by atoms with Gasteiger partial charge in [-0.3, -0.25) is 0 Å². The van der Waals surface area contributed by atoms with Gasteiger partial charge in [-0.25, -0.2) is 9.78 Å². The van der Waals surface area contributed by atoms with E-state index in [0.29, 0.717) is 25.4 Å². The number of rotatable bonds is 6. The van der Waals surface area contributed by atoms with Crippen molar-refractivity contribution in [2.75, 3.05) is 24.6 Å². The van der Waals surface area contributed by atoms with Crippen molar-refractivity contribution >= 4 is 22.7 Å². The summed E-state index contributed by atoms with van der Waals surface area (Å²) in [6, 6.07) is 5.64. The fraction of sp³-hybridized carbons (Fsp3) is 0.333. The van der Waals surface area contributed by atoms with Crippen LogP contribution in [0.5, 0.6) is 5.75 Å². The molecule has 8 nitrogen and oxygen atoms in total. The van der Waals surface area contributed by atoms with E-state index in [2.05, 4.69) is 27.0 Å². The second-order valence-corrected chi connectivity index (χ2v) is 6.30. The quantitative estimate of drug-likeness (QED) is 0.632. The third-order valence-corrected chi connectivity index (χ3v) is 4.64. The van der Waals surface area contributed by atoms with Crippen molar-refractivity contribution in [1.29, 1.82) is 0 Å². The number of hydrogen-bond acceptors (Lipinski definition) is 7. The van der Waals surface area contributed by atoms with Crippen molar-refractivity contribution in [3.63, 3.8) is 0 Å². The molecule has 2 atom stereocenters. The summed E-state index contributed by atoms with van der Waals surface area (Å²) in [4.78, 5) is 28.7. The van der Waals surface area contributed by atoms with Crippen molar-refractivity contribution in [3.05, 3.63) is 47.5 Å². The first-order valence-electron chi connectivity index (χ1n) is 8.36. The first-order valence-corrected chi connectivity index (χ1v) is 8.36. The zero-order valence-electron chi connectivity index (χ0n) is 14.1. The Kier molecular flexibility index (Phi) is 4.16. The fourth-order valence-electron chi connectivity index (χ4n) is 3.49. The van der Waals surface area contributed by atoms with E-state index in [-0.39, 0.29) is 24.8 Å². The van der Waals surface area contributed by atoms with Crippen LogP contribution < -0.4 is 15.0 Å². The van der Waals surface area contributed by atoms with Crippen LogP contribution in [0.15, 0.2) is 42.2 Å². The molecule has 1 N–H and O–H groups in total. The molecule has 1 amide bonds. The minimum absolute atomic E-state index is 0.0328. The molecule has 2 unspecified atom stereocenters. The molecule has 0 spiro atoms. The smallest absolute Gasteiger partial charge is 0.407 e. The molecule has 2 fully saturated rings. The first kappa shape index (κ1) is 16.3. The van der Waals surface area contributed by atoms with Gasteiger partial charge in [0.15, 0.2) is 0 Å². The molecule has 1 aromatic heterocycles. The number of alkyl carbamates (subject to hydrolysis) is 1. The topological polar surface area (TPSA) is 93.1 Å². The molecule has 2 aliphatic heterocycles. The second-order valence-electron chi connectivity index (χ2n) is 6.30. The number of amides is 1. The van der Waals surface area contributed by atoms with Crippen molar-refractivity contribution < 1.29 is 14.3 Å². The number of hydrogen-bond donors (Lipinski definition) is 1. The third kappa shape index (κ3) is 2.83. The highest BCUT2D eigenvalue weighted by molar-refractivity contribution is 5.94. The molecule has 4 rings (SSSR count). The second kappa shape index (κ2) is 6.62. The van der Waals surface area contributed by atoms with E-state index < -0.39 is 0 Å². The van der Waals surface area contributed by atoms with Crippen LogP contribution in [0.25, 0.3) is 10.8 Å². The van der Waals surface area contributed by atoms with Gasteiger partial charge in [-0.05, 0) is 23.6 Å². The van der Waals surface area contributed by atoms with Crippen molar-refractivity contribution in [2.24, 2.45) is 5.18 Å². The Hall–Kier alpha value is -3.16. The number of aromatic nitrogens is 1. The van der Waals surface area contributed by atoms with E-state index in [4.69, 9.17) is 9.47 Å². The number of pyridine rings is 1. The van der Waals surface area contributed by atoms with Crippen molar-refractivity contribution in [2.45, 2.75) is 18.7 Å². The van der Waals surface area contributed by atoms with Gasteiger partial charge < -0.3 is 19.7 Å². The standard InChI is InChI=1S/C18H18N4O4/c1-2-5-25-15-7-13-11(6-12(15)8-20-24)3-4-19-17(13)22-9-14-16(10-22)26-18(23)21-14/h2-4,6-7,14,16H,1,5,8-10H2,(H,21,23). The average molecular weight is 354 g/mol. The predicted molar refractivity (Wildman–Crippen MR) is 96.3 cm³/mol. The molecule has 3 heterocycles. The molecule has 1 aromatic carbocycles. The van der Waals surface area contributed by atoms with Gasteiger partial charge in [-0.15, -0.1) is 0 Å². The fourth-order valence-corrected chi connectivity index (χ4v) is 3.49. The first-order chi connectivity index (χ1) is 12.7. The molecule has 26 heavy (non-hydrogen) atoms. The van der Waals surface area contributed by atoms with Gasteiger partial charge in [-0.1, -0.05) is 17.8 Å². The number of ether oxygens (including phenoxy) is 2. The minimum atomic E-state index is -0.364. The average Bonchev–Trinajstić information content (AvgIpc) is 3.17. The molecular weight excluding hydrogens is 336 g/mol. The van der Waals surface area contributed by atoms with Crippen LogP contribution in [0.1, 0.15) is 5.56 Å². The van der Waals surface area contributed by atoms with Crippen molar-refractivity contribution in [1.82, 2.24) is 10.3 Å². The van der Waals surface area contributed by atoms with Crippen LogP contribution in [0.3, 0.4) is 0 Å². The number of fused-ring (bicyclic) bond motifs is 2. The maximum absolute atomic E-state index is 11.3. The summed E-state index contributed by atoms with van der Waals surface area (Å²) < 4.78 is 11.0. The zero-order chi connectivity index (χ0) is 18.1. The maximum atomic E-state index is 11.3. The Morgan fingerprint density at radius 2 is 2.35 bits per heavy atom. The number of carbonyl (C=O) groups is 1. The Labute approximate surface area is 149 Å². The SMILES string of the molecule is C=CCOc1cc2c(N3CC4NC(=O)OC4C3)nccc2cc1CN=O. The summed E-state index contributed by atoms with van der Waals surface area (Å²) in [6.45, 7) is 5.23. The zero-order valence-corrected chi connectivity index (χ0v) is 14.1. The Bertz CT molecular complexity index is 869. The number of nitrogens with zero attached hydrogens (tertiary/aromatic N) is 3. The highest BCUT2D eigenvalue weighted by Crippen LogP contribution is 2.34. The summed E-state index contributed by atoms with van der Waals surface area (Å²) in [5.74, 6) is 1.39. The van der Waals surface area contributed by atoms with Gasteiger partial charge >= 0.3 is 6.09 Å². The van der Waals surface area contributed by atoms with E-state index in [9.17, 15) is 9.70 Å². The van der Waals surface area contributed by atoms with Gasteiger partial charge in [0.25, 0.3) is 0 Å². The lowest BCUT2D eigenvalue weighted by Crippen LogP contribution is -2.32. The Balaban J connectivity index is 1.72. The van der Waals surface area contributed by atoms with Gasteiger partial charge in [0, 0.05) is 23.7 Å². The molecule has 2 aromatic rings. The molecule has 0 bridgehead atoms. The van der Waals surface area contributed by atoms with E-state index in [0.717, 1.165) is 22.2 Å². The number of carbonyl (C=O) groups excluding carboxylic acids is 1. The highest BCUT2D eigenvalue weighted by atomic mass is 16.6. The molecular formula is C18H18N4O4. The summed E-state index contributed by atoms with van der Waals surface area (Å²) in [7, 11) is 0. The molecule has 0 saturated carbocycles. The lowest BCUT2D eigenvalue weighted by Gasteiger charge is -2.20. The van der Waals surface area contributed by atoms with Crippen molar-refractivity contribution in [3.8, 4) is 5.75 Å². The monoisotopic (exact) mass is 354 g/mol. The summed E-state index contributed by atoms with van der Waals surface area (Å²) in [6.07, 6.45) is 2.84. The molecule has 2 saturated heterocycles. The lowest BCUT2D eigenvalue weighted by atomic mass is 10.1. The van der Waals surface area contributed by atoms with Gasteiger partial charge in [0.2, 0.25) is 0 Å². The van der Waals surface area contributed by atoms with Crippen LogP contribution in [-0.4, -0.2) is 42.9 Å². The van der Waals surface area contributed by atoms with Gasteiger partial charge in [0.05, 0.1) is 12.6 Å². The largest absolute Gasteiger partial charge is 0.489 e. The van der Waals surface area contributed by atoms with E-state index >= 15 is 0 Å². The third-order valence-electron chi connectivity index (χ3n) is 4.64. The molecule has 0 aliphatic carbocycles. The van der Waals surface area contributed by atoms with E-state index in [1.54, 1.807) is 12.3 Å². The van der Waals surface area contributed by atoms with Gasteiger partial charge in [-0.2, -0.15) is 4.91 Å². The van der Waals surface area contributed by atoms with Crippen LogP contribution in [0, 0.1) is 4.91 Å². The Morgan fingerprint density at radius 3 is 3.12 bits per heavy atom. The number of nitrogens with one attached hydrogen (secondary N) is 1. The maximum Gasteiger partial charge on any atom is 0.407 e. The summed E-state index contributed by atoms with van der Waals surface area (Å²) in [5.41, 5.74) is 0.723. The Morgan fingerprint density at radius 1 is 1.46 bits per heavy atom.